The lowest BCUT2D eigenvalue weighted by molar-refractivity contribution is -0.145. The number of esters is 1. The largest absolute Gasteiger partial charge is 0.507 e. The molecule has 0 spiro atoms. The summed E-state index contributed by atoms with van der Waals surface area (Å²) in [5.41, 5.74) is -0.286. The Hall–Kier alpha value is -1.69. The molecule has 1 aromatic carbocycles. The highest BCUT2D eigenvalue weighted by molar-refractivity contribution is 8.14. The van der Waals surface area contributed by atoms with Crippen molar-refractivity contribution in [1.82, 2.24) is 0 Å². The number of ether oxygens (including phenoxy) is 2. The van der Waals surface area contributed by atoms with Gasteiger partial charge in [0.1, 0.15) is 16.5 Å². The minimum absolute atomic E-state index is 0.0938. The molecule has 1 atom stereocenters. The van der Waals surface area contributed by atoms with E-state index in [1.165, 1.54) is 18.9 Å². The van der Waals surface area contributed by atoms with Crippen LogP contribution in [-0.2, 0) is 9.53 Å². The normalized spacial score (nSPS) is 21.4. The first kappa shape index (κ1) is 14.7. The number of methoxy groups -OCH3 is 1. The van der Waals surface area contributed by atoms with Crippen molar-refractivity contribution in [2.45, 2.75) is 19.4 Å². The summed E-state index contributed by atoms with van der Waals surface area (Å²) in [6, 6.07) is 5.07. The third kappa shape index (κ3) is 2.75. The van der Waals surface area contributed by atoms with Gasteiger partial charge in [-0.2, -0.15) is 0 Å². The van der Waals surface area contributed by atoms with Crippen LogP contribution in [0.1, 0.15) is 19.4 Å². The Labute approximate surface area is 122 Å². The molecule has 0 saturated heterocycles. The van der Waals surface area contributed by atoms with E-state index >= 15 is 0 Å². The van der Waals surface area contributed by atoms with Gasteiger partial charge in [0, 0.05) is 17.4 Å². The van der Waals surface area contributed by atoms with Crippen LogP contribution in [0.2, 0.25) is 0 Å². The van der Waals surface area contributed by atoms with Crippen LogP contribution in [0.15, 0.2) is 23.2 Å². The Balaban J connectivity index is 2.29. The van der Waals surface area contributed by atoms with E-state index in [1.54, 1.807) is 25.1 Å². The van der Waals surface area contributed by atoms with Crippen LogP contribution >= 0.6 is 11.8 Å². The van der Waals surface area contributed by atoms with Crippen molar-refractivity contribution in [2.24, 2.45) is 4.99 Å². The second kappa shape index (κ2) is 5.75. The van der Waals surface area contributed by atoms with Crippen molar-refractivity contribution >= 4 is 22.8 Å². The highest BCUT2D eigenvalue weighted by atomic mass is 32.2. The highest BCUT2D eigenvalue weighted by Gasteiger charge is 2.40. The number of rotatable bonds is 4. The summed E-state index contributed by atoms with van der Waals surface area (Å²) in [6.45, 7) is 4.14. The predicted molar refractivity (Wildman–Crippen MR) is 78.7 cm³/mol. The Morgan fingerprint density at radius 3 is 2.90 bits per heavy atom. The molecule has 0 radical (unpaired) electrons. The van der Waals surface area contributed by atoms with E-state index in [1.807, 2.05) is 6.92 Å². The van der Waals surface area contributed by atoms with Crippen molar-refractivity contribution in [1.29, 1.82) is 0 Å². The zero-order chi connectivity index (χ0) is 14.8. The fourth-order valence-corrected chi connectivity index (χ4v) is 3.10. The summed E-state index contributed by atoms with van der Waals surface area (Å²) in [5, 5.41) is 10.7. The zero-order valence-electron chi connectivity index (χ0n) is 11.7. The standard InChI is InChI=1S/C14H17NO4S/c1-4-19-9-5-6-10(11(16)7-9)12-15-14(2,8-20-12)13(17)18-3/h5-7,16H,4,8H2,1-3H3/t14-/m1/s1. The lowest BCUT2D eigenvalue weighted by atomic mass is 10.1. The van der Waals surface area contributed by atoms with E-state index in [-0.39, 0.29) is 11.7 Å². The minimum Gasteiger partial charge on any atom is -0.507 e. The molecule has 1 N–H and O–H groups in total. The second-order valence-corrected chi connectivity index (χ2v) is 5.55. The molecular formula is C14H17NO4S. The summed E-state index contributed by atoms with van der Waals surface area (Å²) in [7, 11) is 1.35. The molecule has 1 heterocycles. The number of aliphatic imine (C=N–C) groups is 1. The molecule has 0 aromatic heterocycles. The zero-order valence-corrected chi connectivity index (χ0v) is 12.5. The van der Waals surface area contributed by atoms with Gasteiger partial charge in [-0.15, -0.1) is 11.8 Å². The number of benzene rings is 1. The molecule has 0 aliphatic carbocycles. The molecule has 6 heteroatoms. The van der Waals surface area contributed by atoms with E-state index in [4.69, 9.17) is 9.47 Å². The number of carbonyl (C=O) groups is 1. The van der Waals surface area contributed by atoms with E-state index < -0.39 is 5.54 Å². The molecule has 0 amide bonds. The first-order chi connectivity index (χ1) is 9.50. The summed E-state index contributed by atoms with van der Waals surface area (Å²) in [6.07, 6.45) is 0. The fraction of sp³-hybridized carbons (Fsp3) is 0.429. The number of aromatic hydroxyl groups is 1. The molecule has 1 aliphatic rings. The van der Waals surface area contributed by atoms with Crippen LogP contribution in [0, 0.1) is 0 Å². The van der Waals surface area contributed by atoms with Crippen LogP contribution in [-0.4, -0.2) is 41.1 Å². The average molecular weight is 295 g/mol. The number of carbonyl (C=O) groups excluding carboxylic acids is 1. The predicted octanol–water partition coefficient (Wildman–Crippen LogP) is 2.22. The van der Waals surface area contributed by atoms with Crippen molar-refractivity contribution < 1.29 is 19.4 Å². The Morgan fingerprint density at radius 1 is 1.55 bits per heavy atom. The van der Waals surface area contributed by atoms with E-state index in [9.17, 15) is 9.90 Å². The summed E-state index contributed by atoms with van der Waals surface area (Å²) < 4.78 is 10.1. The molecule has 1 aromatic rings. The van der Waals surface area contributed by atoms with Gasteiger partial charge in [-0.25, -0.2) is 4.79 Å². The maximum atomic E-state index is 11.7. The van der Waals surface area contributed by atoms with Gasteiger partial charge in [0.05, 0.1) is 13.7 Å². The SMILES string of the molecule is CCOc1ccc(C2=N[C@@](C)(C(=O)OC)CS2)c(O)c1. The van der Waals surface area contributed by atoms with Gasteiger partial charge in [-0.1, -0.05) is 0 Å². The molecule has 2 rings (SSSR count). The summed E-state index contributed by atoms with van der Waals surface area (Å²) in [4.78, 5) is 16.1. The maximum absolute atomic E-state index is 11.7. The quantitative estimate of drug-likeness (QED) is 0.863. The molecule has 0 saturated carbocycles. The average Bonchev–Trinajstić information content (AvgIpc) is 2.82. The second-order valence-electron chi connectivity index (χ2n) is 4.58. The van der Waals surface area contributed by atoms with Crippen molar-refractivity contribution in [3.05, 3.63) is 23.8 Å². The number of hydrogen-bond acceptors (Lipinski definition) is 6. The van der Waals surface area contributed by atoms with Gasteiger partial charge in [-0.3, -0.25) is 4.99 Å². The van der Waals surface area contributed by atoms with Gasteiger partial charge >= 0.3 is 5.97 Å². The lowest BCUT2D eigenvalue weighted by Gasteiger charge is -2.15. The van der Waals surface area contributed by atoms with Gasteiger partial charge in [0.15, 0.2) is 5.54 Å². The molecule has 0 unspecified atom stereocenters. The molecule has 20 heavy (non-hydrogen) atoms. The van der Waals surface area contributed by atoms with Gasteiger partial charge in [0.25, 0.3) is 0 Å². The smallest absolute Gasteiger partial charge is 0.334 e. The Kier molecular flexibility index (Phi) is 4.23. The van der Waals surface area contributed by atoms with Gasteiger partial charge < -0.3 is 14.6 Å². The molecule has 1 aliphatic heterocycles. The third-order valence-electron chi connectivity index (χ3n) is 2.97. The topological polar surface area (TPSA) is 68.1 Å². The van der Waals surface area contributed by atoms with Crippen molar-refractivity contribution in [2.75, 3.05) is 19.5 Å². The van der Waals surface area contributed by atoms with Crippen molar-refractivity contribution in [3.63, 3.8) is 0 Å². The van der Waals surface area contributed by atoms with E-state index in [0.717, 1.165) is 0 Å². The Bertz CT molecular complexity index is 558. The monoisotopic (exact) mass is 295 g/mol. The molecule has 0 fully saturated rings. The lowest BCUT2D eigenvalue weighted by Crippen LogP contribution is -2.34. The summed E-state index contributed by atoms with van der Waals surface area (Å²) >= 11 is 1.43. The Morgan fingerprint density at radius 2 is 2.30 bits per heavy atom. The number of phenolic OH excluding ortho intramolecular Hbond substituents is 1. The first-order valence-corrected chi connectivity index (χ1v) is 7.26. The minimum atomic E-state index is -0.889. The van der Waals surface area contributed by atoms with Gasteiger partial charge in [0.2, 0.25) is 0 Å². The van der Waals surface area contributed by atoms with Crippen LogP contribution in [0.3, 0.4) is 0 Å². The maximum Gasteiger partial charge on any atom is 0.334 e. The summed E-state index contributed by atoms with van der Waals surface area (Å²) in [5.74, 6) is 0.830. The van der Waals surface area contributed by atoms with E-state index in [2.05, 4.69) is 4.99 Å². The number of nitrogens with zero attached hydrogens (tertiary/aromatic N) is 1. The van der Waals surface area contributed by atoms with Crippen LogP contribution < -0.4 is 4.74 Å². The molecule has 5 nitrogen and oxygen atoms in total. The number of phenols is 1. The third-order valence-corrected chi connectivity index (χ3v) is 4.27. The number of hydrogen-bond donors (Lipinski definition) is 1. The molecule has 108 valence electrons. The van der Waals surface area contributed by atoms with Crippen LogP contribution in [0.25, 0.3) is 0 Å². The van der Waals surface area contributed by atoms with Crippen LogP contribution in [0.4, 0.5) is 0 Å². The highest BCUT2D eigenvalue weighted by Crippen LogP contribution is 2.35. The van der Waals surface area contributed by atoms with Gasteiger partial charge in [-0.05, 0) is 26.0 Å². The first-order valence-electron chi connectivity index (χ1n) is 6.27. The molecule has 0 bridgehead atoms. The molecular weight excluding hydrogens is 278 g/mol. The van der Waals surface area contributed by atoms with Crippen molar-refractivity contribution in [3.8, 4) is 11.5 Å². The van der Waals surface area contributed by atoms with E-state index in [0.29, 0.717) is 28.7 Å². The van der Waals surface area contributed by atoms with Crippen LogP contribution in [0.5, 0.6) is 11.5 Å². The number of thioether (sulfide) groups is 1. The fourth-order valence-electron chi connectivity index (χ4n) is 1.91.